The number of hydrogen-bond donors (Lipinski definition) is 2. The van der Waals surface area contributed by atoms with Crippen molar-refractivity contribution in [1.82, 2.24) is 0 Å². The summed E-state index contributed by atoms with van der Waals surface area (Å²) < 4.78 is 0. The van der Waals surface area contributed by atoms with Crippen molar-refractivity contribution in [2.24, 2.45) is 5.40 Å². The number of rotatable bonds is 0. The Morgan fingerprint density at radius 3 is 1.83 bits per heavy atom. The fraction of sp³-hybridized carbons (Fsp3) is 0.500. The SMILES string of the molecule is CC(=O)O.N[SiH3]. The van der Waals surface area contributed by atoms with Crippen molar-refractivity contribution in [1.29, 1.82) is 0 Å². The van der Waals surface area contributed by atoms with Gasteiger partial charge in [-0.2, -0.15) is 0 Å². The third kappa shape index (κ3) is 205. The van der Waals surface area contributed by atoms with Crippen LogP contribution in [0.25, 0.3) is 0 Å². The van der Waals surface area contributed by atoms with Crippen LogP contribution in [0.5, 0.6) is 0 Å². The fourth-order valence-corrected chi connectivity index (χ4v) is 0. The minimum Gasteiger partial charge on any atom is -0.481 e. The molecule has 3 nitrogen and oxygen atoms in total. The van der Waals surface area contributed by atoms with Crippen LogP contribution in [0.4, 0.5) is 0 Å². The Morgan fingerprint density at radius 2 is 1.83 bits per heavy atom. The molecule has 4 heteroatoms. The molecule has 0 rings (SSSR count). The van der Waals surface area contributed by atoms with Crippen LogP contribution in [-0.4, -0.2) is 21.5 Å². The van der Waals surface area contributed by atoms with E-state index in [1.54, 1.807) is 0 Å². The van der Waals surface area contributed by atoms with Gasteiger partial charge in [0.1, 0.15) is 0 Å². The smallest absolute Gasteiger partial charge is 0.300 e. The van der Waals surface area contributed by atoms with Gasteiger partial charge in [0.05, 0.1) is 10.4 Å². The highest BCUT2D eigenvalue weighted by Crippen LogP contribution is 1.42. The Labute approximate surface area is 39.7 Å². The molecule has 0 heterocycles. The van der Waals surface area contributed by atoms with Crippen molar-refractivity contribution < 1.29 is 9.90 Å². The first kappa shape index (κ1) is 9.17. The third-order valence-electron chi connectivity index (χ3n) is 0. The van der Waals surface area contributed by atoms with Crippen LogP contribution in [0.3, 0.4) is 0 Å². The van der Waals surface area contributed by atoms with Crippen molar-refractivity contribution >= 4 is 16.4 Å². The van der Waals surface area contributed by atoms with Crippen LogP contribution in [0.15, 0.2) is 0 Å². The normalized spacial score (nSPS) is 5.67. The summed E-state index contributed by atoms with van der Waals surface area (Å²) in [5, 5.41) is 12.1. The zero-order valence-corrected chi connectivity index (χ0v) is 5.93. The molecular weight excluding hydrogens is 98.1 g/mol. The van der Waals surface area contributed by atoms with E-state index in [0.717, 1.165) is 17.3 Å². The molecule has 0 aromatic rings. The Bertz CT molecular complexity index is 34.5. The predicted octanol–water partition coefficient (Wildman–Crippen LogP) is -1.68. The van der Waals surface area contributed by atoms with Crippen LogP contribution in [0.2, 0.25) is 0 Å². The van der Waals surface area contributed by atoms with Gasteiger partial charge in [-0.3, -0.25) is 4.79 Å². The molecule has 0 radical (unpaired) electrons. The van der Waals surface area contributed by atoms with Gasteiger partial charge in [0, 0.05) is 6.92 Å². The zero-order valence-electron chi connectivity index (χ0n) is 3.93. The first-order chi connectivity index (χ1) is 2.73. The van der Waals surface area contributed by atoms with E-state index in [1.807, 2.05) is 0 Å². The Kier molecular flexibility index (Phi) is 13.5. The van der Waals surface area contributed by atoms with Gasteiger partial charge in [0.2, 0.25) is 0 Å². The second-order valence-corrected chi connectivity index (χ2v) is 0.519. The summed E-state index contributed by atoms with van der Waals surface area (Å²) >= 11 is 0. The van der Waals surface area contributed by atoms with Crippen molar-refractivity contribution in [2.45, 2.75) is 6.92 Å². The number of carbonyl (C=O) groups is 1. The summed E-state index contributed by atoms with van der Waals surface area (Å²) in [6.45, 7) is 1.08. The monoisotopic (exact) mass is 107 g/mol. The average Bonchev–Trinajstić information content (AvgIpc) is 1.41. The lowest BCUT2D eigenvalue weighted by Gasteiger charge is -1.59. The van der Waals surface area contributed by atoms with Gasteiger partial charge in [-0.1, -0.05) is 0 Å². The van der Waals surface area contributed by atoms with E-state index >= 15 is 0 Å². The van der Waals surface area contributed by atoms with Crippen LogP contribution >= 0.6 is 0 Å². The number of hydrogen-bond acceptors (Lipinski definition) is 2. The summed E-state index contributed by atoms with van der Waals surface area (Å²) in [6, 6.07) is 0. The largest absolute Gasteiger partial charge is 0.481 e. The molecule has 0 unspecified atom stereocenters. The lowest BCUT2D eigenvalue weighted by molar-refractivity contribution is -0.134. The van der Waals surface area contributed by atoms with E-state index in [9.17, 15) is 0 Å². The first-order valence-electron chi connectivity index (χ1n) is 1.51. The summed E-state index contributed by atoms with van der Waals surface area (Å²) in [7, 11) is 0.806. The second kappa shape index (κ2) is 8.82. The predicted molar refractivity (Wildman–Crippen MR) is 27.4 cm³/mol. The van der Waals surface area contributed by atoms with Crippen molar-refractivity contribution in [2.75, 3.05) is 0 Å². The average molecular weight is 107 g/mol. The van der Waals surface area contributed by atoms with Gasteiger partial charge in [-0.15, -0.1) is 0 Å². The van der Waals surface area contributed by atoms with Crippen LogP contribution in [0.1, 0.15) is 6.92 Å². The second-order valence-electron chi connectivity index (χ2n) is 0.519. The zero-order chi connectivity index (χ0) is 5.58. The van der Waals surface area contributed by atoms with E-state index in [2.05, 4.69) is 5.40 Å². The molecule has 0 aliphatic rings. The molecule has 6 heavy (non-hydrogen) atoms. The molecule has 38 valence electrons. The van der Waals surface area contributed by atoms with Gasteiger partial charge >= 0.3 is 0 Å². The standard InChI is InChI=1S/C2H4O2.H5NSi/c1-2(3)4;1-2/h1H3,(H,3,4);1H2,2H3. The van der Waals surface area contributed by atoms with E-state index in [0.29, 0.717) is 0 Å². The molecule has 3 N–H and O–H groups in total. The number of carboxylic acid groups (broad SMARTS) is 1. The van der Waals surface area contributed by atoms with Gasteiger partial charge < -0.3 is 10.5 Å². The lowest BCUT2D eigenvalue weighted by atomic mass is 10.9. The molecule has 0 aromatic heterocycles. The summed E-state index contributed by atoms with van der Waals surface area (Å²) in [4.78, 5) is 9.00. The maximum Gasteiger partial charge on any atom is 0.300 e. The topological polar surface area (TPSA) is 63.3 Å². The Morgan fingerprint density at radius 1 is 1.83 bits per heavy atom. The molecule has 0 saturated heterocycles. The van der Waals surface area contributed by atoms with Crippen LogP contribution in [-0.2, 0) is 4.79 Å². The minimum absolute atomic E-state index is 0.806. The molecule has 0 bridgehead atoms. The van der Waals surface area contributed by atoms with E-state index < -0.39 is 5.97 Å². The Hall–Kier alpha value is -0.353. The van der Waals surface area contributed by atoms with Crippen molar-refractivity contribution in [3.63, 3.8) is 0 Å². The Balaban J connectivity index is 0. The van der Waals surface area contributed by atoms with Crippen LogP contribution < -0.4 is 5.40 Å². The molecule has 0 saturated carbocycles. The number of aliphatic carboxylic acids is 1. The molecule has 0 aromatic carbocycles. The highest BCUT2D eigenvalue weighted by atomic mass is 28.2. The highest BCUT2D eigenvalue weighted by molar-refractivity contribution is 6.02. The van der Waals surface area contributed by atoms with Gasteiger partial charge in [-0.05, 0) is 0 Å². The van der Waals surface area contributed by atoms with Gasteiger partial charge in [-0.25, -0.2) is 0 Å². The minimum atomic E-state index is -0.833. The van der Waals surface area contributed by atoms with E-state index in [4.69, 9.17) is 9.90 Å². The highest BCUT2D eigenvalue weighted by Gasteiger charge is 1.65. The number of carboxylic acids is 1. The summed E-state index contributed by atoms with van der Waals surface area (Å²) in [5.74, 6) is -0.833. The van der Waals surface area contributed by atoms with E-state index in [-0.39, 0.29) is 0 Å². The first-order valence-corrected chi connectivity index (χ1v) is 2.66. The number of nitrogens with two attached hydrogens (primary N) is 1. The van der Waals surface area contributed by atoms with Crippen molar-refractivity contribution in [3.05, 3.63) is 0 Å². The lowest BCUT2D eigenvalue weighted by Crippen LogP contribution is -1.78. The van der Waals surface area contributed by atoms with Crippen LogP contribution in [0, 0.1) is 0 Å². The van der Waals surface area contributed by atoms with Gasteiger partial charge in [0.15, 0.2) is 0 Å². The van der Waals surface area contributed by atoms with E-state index in [1.165, 1.54) is 0 Å². The molecule has 0 aliphatic carbocycles. The molecular formula is C2H9NO2Si. The molecule has 0 fully saturated rings. The summed E-state index contributed by atoms with van der Waals surface area (Å²) in [5.41, 5.74) is 0. The van der Waals surface area contributed by atoms with Gasteiger partial charge in [0.25, 0.3) is 5.97 Å². The molecule has 0 atom stereocenters. The van der Waals surface area contributed by atoms with Crippen molar-refractivity contribution in [3.8, 4) is 0 Å². The third-order valence-corrected chi connectivity index (χ3v) is 0. The maximum absolute atomic E-state index is 9.00. The maximum atomic E-state index is 9.00. The summed E-state index contributed by atoms with van der Waals surface area (Å²) in [6.07, 6.45) is 0. The molecule has 0 aliphatic heterocycles. The fourth-order valence-electron chi connectivity index (χ4n) is 0. The quantitative estimate of drug-likeness (QED) is 0.363. The molecule has 0 amide bonds. The molecule has 0 spiro atoms.